The standard InChI is InChI=1S/C24H26N2/c1-4-24(5-2)15-17(3)21-13-19(11-12-20(21)16-24)23-14-22(25-26-23)18-9-7-6-8-10-18/h6-14H,3-5,15-16H2,1-2H3,(H,25,26). The molecule has 1 aromatic heterocycles. The highest BCUT2D eigenvalue weighted by molar-refractivity contribution is 5.76. The van der Waals surface area contributed by atoms with Crippen LogP contribution in [0.1, 0.15) is 44.2 Å². The molecule has 2 nitrogen and oxygen atoms in total. The zero-order valence-electron chi connectivity index (χ0n) is 15.7. The van der Waals surface area contributed by atoms with Crippen LogP contribution >= 0.6 is 0 Å². The maximum Gasteiger partial charge on any atom is 0.0927 e. The number of H-pyrrole nitrogens is 1. The van der Waals surface area contributed by atoms with E-state index in [2.05, 4.69) is 67.0 Å². The van der Waals surface area contributed by atoms with Crippen molar-refractivity contribution in [2.75, 3.05) is 0 Å². The SMILES string of the molecule is C=C1CC(CC)(CC)Cc2ccc(-c3cc(-c4ccccc4)[nH]n3)cc21. The van der Waals surface area contributed by atoms with Gasteiger partial charge in [-0.2, -0.15) is 5.10 Å². The first-order valence-corrected chi connectivity index (χ1v) is 9.56. The second-order valence-corrected chi connectivity index (χ2v) is 7.57. The van der Waals surface area contributed by atoms with Crippen LogP contribution in [0, 0.1) is 5.41 Å². The molecule has 0 saturated heterocycles. The number of fused-ring (bicyclic) bond motifs is 1. The second-order valence-electron chi connectivity index (χ2n) is 7.57. The highest BCUT2D eigenvalue weighted by Crippen LogP contribution is 2.46. The summed E-state index contributed by atoms with van der Waals surface area (Å²) in [6.45, 7) is 9.03. The molecule has 0 unspecified atom stereocenters. The summed E-state index contributed by atoms with van der Waals surface area (Å²) in [6.07, 6.45) is 4.68. The summed E-state index contributed by atoms with van der Waals surface area (Å²) in [7, 11) is 0. The van der Waals surface area contributed by atoms with Gasteiger partial charge in [-0.25, -0.2) is 0 Å². The summed E-state index contributed by atoms with van der Waals surface area (Å²) in [5, 5.41) is 7.71. The van der Waals surface area contributed by atoms with Crippen LogP contribution in [0.4, 0.5) is 0 Å². The number of hydrogen-bond acceptors (Lipinski definition) is 1. The molecular weight excluding hydrogens is 316 g/mol. The van der Waals surface area contributed by atoms with Crippen molar-refractivity contribution in [2.24, 2.45) is 5.41 Å². The molecule has 2 aromatic carbocycles. The van der Waals surface area contributed by atoms with E-state index >= 15 is 0 Å². The van der Waals surface area contributed by atoms with E-state index in [4.69, 9.17) is 0 Å². The predicted molar refractivity (Wildman–Crippen MR) is 110 cm³/mol. The number of nitrogens with one attached hydrogen (secondary N) is 1. The molecular formula is C24H26N2. The van der Waals surface area contributed by atoms with Gasteiger partial charge in [0.05, 0.1) is 11.4 Å². The lowest BCUT2D eigenvalue weighted by Crippen LogP contribution is -2.26. The Balaban J connectivity index is 1.68. The van der Waals surface area contributed by atoms with Crippen LogP contribution in [0.25, 0.3) is 28.1 Å². The average molecular weight is 342 g/mol. The number of nitrogens with zero attached hydrogens (tertiary/aromatic N) is 1. The molecule has 1 heterocycles. The molecule has 1 N–H and O–H groups in total. The minimum absolute atomic E-state index is 0.387. The van der Waals surface area contributed by atoms with Crippen molar-refractivity contribution in [3.8, 4) is 22.5 Å². The second kappa shape index (κ2) is 6.60. The minimum atomic E-state index is 0.387. The Hall–Kier alpha value is -2.61. The number of benzene rings is 2. The van der Waals surface area contributed by atoms with Crippen molar-refractivity contribution in [3.05, 3.63) is 72.3 Å². The molecule has 26 heavy (non-hydrogen) atoms. The predicted octanol–water partition coefficient (Wildman–Crippen LogP) is 6.51. The molecule has 1 aliphatic rings. The quantitative estimate of drug-likeness (QED) is 0.575. The molecule has 132 valence electrons. The van der Waals surface area contributed by atoms with Crippen LogP contribution in [-0.4, -0.2) is 10.2 Å². The molecule has 1 aliphatic carbocycles. The van der Waals surface area contributed by atoms with E-state index in [1.165, 1.54) is 29.5 Å². The maximum absolute atomic E-state index is 4.54. The average Bonchev–Trinajstić information content (AvgIpc) is 3.18. The third-order valence-electron chi connectivity index (χ3n) is 6.10. The van der Waals surface area contributed by atoms with E-state index in [1.54, 1.807) is 0 Å². The molecule has 0 radical (unpaired) electrons. The number of rotatable bonds is 4. The number of hydrogen-bond donors (Lipinski definition) is 1. The van der Waals surface area contributed by atoms with Gasteiger partial charge in [0.25, 0.3) is 0 Å². The molecule has 0 spiro atoms. The Labute approximate surface area is 156 Å². The Morgan fingerprint density at radius 1 is 0.962 bits per heavy atom. The summed E-state index contributed by atoms with van der Waals surface area (Å²) in [4.78, 5) is 0. The Morgan fingerprint density at radius 3 is 2.46 bits per heavy atom. The molecule has 0 atom stereocenters. The molecule has 0 amide bonds. The van der Waals surface area contributed by atoms with Crippen LogP contribution in [-0.2, 0) is 6.42 Å². The Bertz CT molecular complexity index is 930. The number of aromatic amines is 1. The fraction of sp³-hybridized carbons (Fsp3) is 0.292. The zero-order chi connectivity index (χ0) is 18.1. The molecule has 0 fully saturated rings. The van der Waals surface area contributed by atoms with Crippen molar-refractivity contribution in [1.82, 2.24) is 10.2 Å². The van der Waals surface area contributed by atoms with Crippen LogP contribution < -0.4 is 0 Å². The van der Waals surface area contributed by atoms with Gasteiger partial charge in [-0.3, -0.25) is 5.10 Å². The van der Waals surface area contributed by atoms with Gasteiger partial charge in [0, 0.05) is 5.56 Å². The van der Waals surface area contributed by atoms with Gasteiger partial charge in [0.15, 0.2) is 0 Å². The van der Waals surface area contributed by atoms with Crippen LogP contribution in [0.3, 0.4) is 0 Å². The summed E-state index contributed by atoms with van der Waals surface area (Å²) in [5.41, 5.74) is 8.77. The minimum Gasteiger partial charge on any atom is -0.277 e. The molecule has 4 rings (SSSR count). The third kappa shape index (κ3) is 2.90. The smallest absolute Gasteiger partial charge is 0.0927 e. The topological polar surface area (TPSA) is 28.7 Å². The highest BCUT2D eigenvalue weighted by Gasteiger charge is 2.33. The van der Waals surface area contributed by atoms with Crippen molar-refractivity contribution < 1.29 is 0 Å². The van der Waals surface area contributed by atoms with Gasteiger partial charge in [-0.05, 0) is 65.5 Å². The normalized spacial score (nSPS) is 15.7. The summed E-state index contributed by atoms with van der Waals surface area (Å²) in [6, 6.07) is 19.2. The van der Waals surface area contributed by atoms with Crippen molar-refractivity contribution in [2.45, 2.75) is 39.5 Å². The monoisotopic (exact) mass is 342 g/mol. The van der Waals surface area contributed by atoms with E-state index in [9.17, 15) is 0 Å². The van der Waals surface area contributed by atoms with E-state index in [0.29, 0.717) is 5.41 Å². The van der Waals surface area contributed by atoms with Crippen molar-refractivity contribution in [3.63, 3.8) is 0 Å². The third-order valence-corrected chi connectivity index (χ3v) is 6.10. The van der Waals surface area contributed by atoms with E-state index in [1.807, 2.05) is 18.2 Å². The van der Waals surface area contributed by atoms with Crippen LogP contribution in [0.5, 0.6) is 0 Å². The van der Waals surface area contributed by atoms with E-state index in [-0.39, 0.29) is 0 Å². The summed E-state index contributed by atoms with van der Waals surface area (Å²) < 4.78 is 0. The van der Waals surface area contributed by atoms with Gasteiger partial charge in [0.2, 0.25) is 0 Å². The van der Waals surface area contributed by atoms with Gasteiger partial charge < -0.3 is 0 Å². The summed E-state index contributed by atoms with van der Waals surface area (Å²) >= 11 is 0. The van der Waals surface area contributed by atoms with Crippen LogP contribution in [0.2, 0.25) is 0 Å². The first kappa shape index (κ1) is 16.8. The van der Waals surface area contributed by atoms with Gasteiger partial charge in [0.1, 0.15) is 0 Å². The van der Waals surface area contributed by atoms with E-state index < -0.39 is 0 Å². The molecule has 0 aliphatic heterocycles. The van der Waals surface area contributed by atoms with Crippen LogP contribution in [0.15, 0.2) is 61.2 Å². The highest BCUT2D eigenvalue weighted by atomic mass is 15.1. The fourth-order valence-corrected chi connectivity index (χ4v) is 4.22. The fourth-order valence-electron chi connectivity index (χ4n) is 4.22. The Kier molecular flexibility index (Phi) is 4.28. The van der Waals surface area contributed by atoms with Crippen molar-refractivity contribution >= 4 is 5.57 Å². The van der Waals surface area contributed by atoms with Gasteiger partial charge in [-0.1, -0.05) is 62.9 Å². The number of aromatic nitrogens is 2. The lowest BCUT2D eigenvalue weighted by atomic mass is 9.66. The molecule has 0 bridgehead atoms. The van der Waals surface area contributed by atoms with Gasteiger partial charge in [-0.15, -0.1) is 0 Å². The maximum atomic E-state index is 4.54. The molecule has 2 heteroatoms. The molecule has 0 saturated carbocycles. The van der Waals surface area contributed by atoms with E-state index in [0.717, 1.165) is 35.4 Å². The van der Waals surface area contributed by atoms with Crippen molar-refractivity contribution in [1.29, 1.82) is 0 Å². The lowest BCUT2D eigenvalue weighted by Gasteiger charge is -2.38. The lowest BCUT2D eigenvalue weighted by molar-refractivity contribution is 0.261. The molecule has 3 aromatic rings. The Morgan fingerprint density at radius 2 is 1.73 bits per heavy atom. The first-order chi connectivity index (χ1) is 12.6. The van der Waals surface area contributed by atoms with Gasteiger partial charge >= 0.3 is 0 Å². The largest absolute Gasteiger partial charge is 0.277 e. The summed E-state index contributed by atoms with van der Waals surface area (Å²) in [5.74, 6) is 0. The zero-order valence-corrected chi connectivity index (χ0v) is 15.7. The number of allylic oxidation sites excluding steroid dienone is 1. The first-order valence-electron chi connectivity index (χ1n) is 9.56.